The first kappa shape index (κ1) is 27.2. The third kappa shape index (κ3) is 5.85. The van der Waals surface area contributed by atoms with Crippen molar-refractivity contribution in [2.45, 2.75) is 24.1 Å². The van der Waals surface area contributed by atoms with Gasteiger partial charge in [-0.05, 0) is 66.6 Å². The lowest BCUT2D eigenvalue weighted by Crippen LogP contribution is -2.19. The summed E-state index contributed by atoms with van der Waals surface area (Å²) in [5, 5.41) is 8.30. The Kier molecular flexibility index (Phi) is 7.72. The van der Waals surface area contributed by atoms with Crippen molar-refractivity contribution < 1.29 is 18.8 Å². The van der Waals surface area contributed by atoms with E-state index in [4.69, 9.17) is 46.4 Å². The number of carbonyl (C=O) groups excluding carboxylic acids is 3. The van der Waals surface area contributed by atoms with Gasteiger partial charge in [-0.3, -0.25) is 14.4 Å². The number of amides is 3. The molecule has 2 unspecified atom stereocenters. The molecule has 11 heteroatoms. The number of halogens is 5. The van der Waals surface area contributed by atoms with Gasteiger partial charge in [-0.2, -0.15) is 0 Å². The SMILES string of the molecule is CC(=O)Nc1ccc(NC(=O)c2cc(NC(=O)C3C(c4ccc(F)c(Cl)c4)C3(Cl)Cl)cc(Cl)c2C)cc1. The largest absolute Gasteiger partial charge is 0.326 e. The first-order valence-electron chi connectivity index (χ1n) is 11.0. The predicted molar refractivity (Wildman–Crippen MR) is 146 cm³/mol. The molecule has 1 fully saturated rings. The van der Waals surface area contributed by atoms with E-state index < -0.39 is 33.8 Å². The number of rotatable bonds is 6. The summed E-state index contributed by atoms with van der Waals surface area (Å²) < 4.78 is 12.1. The number of nitrogens with one attached hydrogen (secondary N) is 3. The van der Waals surface area contributed by atoms with Gasteiger partial charge in [0.1, 0.15) is 10.2 Å². The lowest BCUT2D eigenvalue weighted by molar-refractivity contribution is -0.117. The fourth-order valence-electron chi connectivity index (χ4n) is 4.02. The molecule has 37 heavy (non-hydrogen) atoms. The number of alkyl halides is 2. The van der Waals surface area contributed by atoms with Crippen molar-refractivity contribution in [1.82, 2.24) is 0 Å². The topological polar surface area (TPSA) is 87.3 Å². The van der Waals surface area contributed by atoms with Crippen molar-refractivity contribution in [3.63, 3.8) is 0 Å². The second-order valence-electron chi connectivity index (χ2n) is 8.64. The molecule has 0 bridgehead atoms. The number of anilines is 3. The van der Waals surface area contributed by atoms with Crippen molar-refractivity contribution in [3.05, 3.63) is 87.2 Å². The van der Waals surface area contributed by atoms with Gasteiger partial charge < -0.3 is 16.0 Å². The average Bonchev–Trinajstić information content (AvgIpc) is 3.40. The van der Waals surface area contributed by atoms with Crippen LogP contribution >= 0.6 is 46.4 Å². The number of hydrogen-bond acceptors (Lipinski definition) is 3. The third-order valence-electron chi connectivity index (χ3n) is 5.96. The second kappa shape index (κ2) is 10.5. The highest BCUT2D eigenvalue weighted by Gasteiger charge is 2.67. The highest BCUT2D eigenvalue weighted by molar-refractivity contribution is 6.53. The summed E-state index contributed by atoms with van der Waals surface area (Å²) >= 11 is 25.0. The van der Waals surface area contributed by atoms with Crippen LogP contribution in [-0.2, 0) is 9.59 Å². The molecule has 1 saturated carbocycles. The average molecular weight is 583 g/mol. The van der Waals surface area contributed by atoms with E-state index in [1.165, 1.54) is 37.3 Å². The van der Waals surface area contributed by atoms with Crippen LogP contribution in [0.4, 0.5) is 21.5 Å². The summed E-state index contributed by atoms with van der Waals surface area (Å²) in [7, 11) is 0. The number of carbonyl (C=O) groups is 3. The molecule has 0 spiro atoms. The van der Waals surface area contributed by atoms with E-state index in [1.54, 1.807) is 31.2 Å². The maximum Gasteiger partial charge on any atom is 0.256 e. The quantitative estimate of drug-likeness (QED) is 0.269. The van der Waals surface area contributed by atoms with Crippen LogP contribution in [0.2, 0.25) is 10.0 Å². The summed E-state index contributed by atoms with van der Waals surface area (Å²) in [6.45, 7) is 3.08. The second-order valence-corrected chi connectivity index (χ2v) is 10.9. The van der Waals surface area contributed by atoms with E-state index >= 15 is 0 Å². The van der Waals surface area contributed by atoms with Gasteiger partial charge in [0.25, 0.3) is 5.91 Å². The van der Waals surface area contributed by atoms with Gasteiger partial charge in [-0.1, -0.05) is 29.3 Å². The molecule has 3 N–H and O–H groups in total. The molecule has 0 aliphatic heterocycles. The van der Waals surface area contributed by atoms with E-state index in [9.17, 15) is 18.8 Å². The number of hydrogen-bond donors (Lipinski definition) is 3. The van der Waals surface area contributed by atoms with E-state index in [-0.39, 0.29) is 27.2 Å². The molecule has 0 saturated heterocycles. The predicted octanol–water partition coefficient (Wildman–Crippen LogP) is 7.18. The molecule has 0 heterocycles. The van der Waals surface area contributed by atoms with E-state index in [2.05, 4.69) is 16.0 Å². The van der Waals surface area contributed by atoms with Crippen LogP contribution in [0.3, 0.4) is 0 Å². The first-order valence-corrected chi connectivity index (χ1v) is 12.5. The summed E-state index contributed by atoms with van der Waals surface area (Å²) in [6.07, 6.45) is 0. The normalized spacial score (nSPS) is 17.6. The van der Waals surface area contributed by atoms with Gasteiger partial charge in [-0.15, -0.1) is 23.2 Å². The van der Waals surface area contributed by atoms with Gasteiger partial charge in [0.2, 0.25) is 11.8 Å². The Morgan fingerprint density at radius 3 is 2.05 bits per heavy atom. The highest BCUT2D eigenvalue weighted by Crippen LogP contribution is 2.65. The maximum absolute atomic E-state index is 13.6. The summed E-state index contributed by atoms with van der Waals surface area (Å²) in [4.78, 5) is 37.2. The molecule has 192 valence electrons. The van der Waals surface area contributed by atoms with E-state index in [1.807, 2.05) is 0 Å². The molecule has 1 aliphatic carbocycles. The summed E-state index contributed by atoms with van der Waals surface area (Å²) in [6, 6.07) is 13.7. The Labute approximate surface area is 232 Å². The van der Waals surface area contributed by atoms with Crippen molar-refractivity contribution in [2.75, 3.05) is 16.0 Å². The standard InChI is InChI=1S/C26H20Cl4FN3O3/c1-12-18(24(36)33-16-6-4-15(5-7-16)32-13(2)35)10-17(11-19(12)27)34-25(37)23-22(26(23,29)30)14-3-8-21(31)20(28)9-14/h3-11,22-23H,1-2H3,(H,32,35)(H,33,36)(H,34,37). The van der Waals surface area contributed by atoms with E-state index in [0.29, 0.717) is 22.5 Å². The van der Waals surface area contributed by atoms with Gasteiger partial charge in [-0.25, -0.2) is 4.39 Å². The van der Waals surface area contributed by atoms with Crippen LogP contribution < -0.4 is 16.0 Å². The summed E-state index contributed by atoms with van der Waals surface area (Å²) in [5.74, 6) is -3.17. The molecular weight excluding hydrogens is 563 g/mol. The summed E-state index contributed by atoms with van der Waals surface area (Å²) in [5.41, 5.74) is 2.65. The van der Waals surface area contributed by atoms with Crippen LogP contribution in [0, 0.1) is 18.7 Å². The molecule has 1 aliphatic rings. The molecule has 4 rings (SSSR count). The van der Waals surface area contributed by atoms with Crippen molar-refractivity contribution >= 4 is 81.2 Å². The smallest absolute Gasteiger partial charge is 0.256 e. The molecule has 3 aromatic carbocycles. The van der Waals surface area contributed by atoms with Crippen LogP contribution in [0.25, 0.3) is 0 Å². The molecule has 3 aromatic rings. The molecule has 2 atom stereocenters. The molecular formula is C26H20Cl4FN3O3. The van der Waals surface area contributed by atoms with Gasteiger partial charge in [0.05, 0.1) is 10.9 Å². The monoisotopic (exact) mass is 581 g/mol. The fraction of sp³-hybridized carbons (Fsp3) is 0.192. The minimum atomic E-state index is -1.41. The maximum atomic E-state index is 13.6. The van der Waals surface area contributed by atoms with E-state index in [0.717, 1.165) is 0 Å². The van der Waals surface area contributed by atoms with Crippen molar-refractivity contribution in [1.29, 1.82) is 0 Å². The zero-order valence-electron chi connectivity index (χ0n) is 19.5. The zero-order chi connectivity index (χ0) is 27.1. The highest BCUT2D eigenvalue weighted by atomic mass is 35.5. The molecule has 6 nitrogen and oxygen atoms in total. The lowest BCUT2D eigenvalue weighted by atomic mass is 10.1. The van der Waals surface area contributed by atoms with Crippen molar-refractivity contribution in [2.24, 2.45) is 5.92 Å². The molecule has 3 amide bonds. The Morgan fingerprint density at radius 2 is 1.46 bits per heavy atom. The third-order valence-corrected chi connectivity index (χ3v) is 7.58. The van der Waals surface area contributed by atoms with Crippen LogP contribution in [0.5, 0.6) is 0 Å². The lowest BCUT2D eigenvalue weighted by Gasteiger charge is -2.13. The Hall–Kier alpha value is -2.84. The van der Waals surface area contributed by atoms with Gasteiger partial charge >= 0.3 is 0 Å². The van der Waals surface area contributed by atoms with Crippen LogP contribution in [-0.4, -0.2) is 22.1 Å². The zero-order valence-corrected chi connectivity index (χ0v) is 22.5. The van der Waals surface area contributed by atoms with Crippen molar-refractivity contribution in [3.8, 4) is 0 Å². The molecule has 0 aromatic heterocycles. The van der Waals surface area contributed by atoms with Crippen LogP contribution in [0.1, 0.15) is 34.3 Å². The Balaban J connectivity index is 1.50. The minimum absolute atomic E-state index is 0.0987. The minimum Gasteiger partial charge on any atom is -0.326 e. The molecule has 0 radical (unpaired) electrons. The fourth-order valence-corrected chi connectivity index (χ4v) is 5.26. The first-order chi connectivity index (χ1) is 17.4. The van der Waals surface area contributed by atoms with Gasteiger partial charge in [0.15, 0.2) is 0 Å². The Bertz CT molecular complexity index is 1410. The Morgan fingerprint density at radius 1 is 0.838 bits per heavy atom. The van der Waals surface area contributed by atoms with Gasteiger partial charge in [0, 0.05) is 40.5 Å². The number of benzene rings is 3. The van der Waals surface area contributed by atoms with Crippen LogP contribution in [0.15, 0.2) is 54.6 Å².